The fraction of sp³-hybridized carbons (Fsp3) is 0.828. The minimum Gasteiger partial charge on any atom is -0.459 e. The number of halogens is 1. The van der Waals surface area contributed by atoms with Gasteiger partial charge in [0.2, 0.25) is 5.91 Å². The van der Waals surface area contributed by atoms with Gasteiger partial charge in [0.05, 0.1) is 79.7 Å². The Balaban J connectivity index is 1.04. The number of anilines is 2. The molecule has 0 spiro atoms. The number of esters is 1. The van der Waals surface area contributed by atoms with Crippen LogP contribution in [0.15, 0.2) is 18.2 Å². The predicted octanol–water partition coefficient (Wildman–Crippen LogP) is 5.97. The van der Waals surface area contributed by atoms with E-state index in [4.69, 9.17) is 42.6 Å². The molecule has 6 rings (SSSR count). The van der Waals surface area contributed by atoms with E-state index >= 15 is 4.39 Å². The topological polar surface area (TPSA) is 263 Å². The first kappa shape index (κ1) is 65.2. The minimum absolute atomic E-state index is 0.0239. The van der Waals surface area contributed by atoms with Crippen molar-refractivity contribution in [2.75, 3.05) is 62.8 Å². The minimum atomic E-state index is -1.84. The van der Waals surface area contributed by atoms with Crippen LogP contribution < -0.4 is 20.4 Å². The second-order valence-electron chi connectivity index (χ2n) is 24.3. The SMILES string of the molecule is CC[C@H]1OC(=O)[C@H](C)[C@@H](OC2CC(C)(OC)C(OC(=O)NCCCCCC(=O)NC[C@H]3CN(c4ccc(N5CCOCC5)c(F)c4)C(=O)O3)C(C)O2)[C@H](C)[C@@H](OC2OC(C)CC(C)C2O)[C@](C)(O)C[C@@H](C)[C@H](C)[C@H](C)[C@@H](O)[C@]1(C)O. The molecule has 3 amide bonds. The summed E-state index contributed by atoms with van der Waals surface area (Å²) in [6.07, 6.45) is -8.91. The molecule has 5 aliphatic heterocycles. The summed E-state index contributed by atoms with van der Waals surface area (Å²) in [4.78, 5) is 56.5. The first-order chi connectivity index (χ1) is 37.6. The van der Waals surface area contributed by atoms with Crippen LogP contribution in [0.3, 0.4) is 0 Å². The van der Waals surface area contributed by atoms with Crippen LogP contribution in [0.4, 0.5) is 25.4 Å². The molecule has 6 N–H and O–H groups in total. The van der Waals surface area contributed by atoms with Gasteiger partial charge in [-0.1, -0.05) is 48.0 Å². The number of unbranched alkanes of at least 4 members (excludes halogenated alkanes) is 2. The molecule has 1 aromatic carbocycles. The van der Waals surface area contributed by atoms with E-state index in [2.05, 4.69) is 10.6 Å². The summed E-state index contributed by atoms with van der Waals surface area (Å²) in [5, 5.41) is 53.4. The number of morpholine rings is 1. The fourth-order valence-corrected chi connectivity index (χ4v) is 12.5. The van der Waals surface area contributed by atoms with Gasteiger partial charge in [0.25, 0.3) is 0 Å². The van der Waals surface area contributed by atoms with Gasteiger partial charge < -0.3 is 78.6 Å². The van der Waals surface area contributed by atoms with Crippen molar-refractivity contribution in [3.8, 4) is 0 Å². The molecule has 456 valence electrons. The zero-order chi connectivity index (χ0) is 59.0. The Bertz CT molecular complexity index is 2200. The zero-order valence-corrected chi connectivity index (χ0v) is 49.5. The normalized spacial score (nSPS) is 39.6. The Kier molecular flexibility index (Phi) is 22.9. The van der Waals surface area contributed by atoms with E-state index in [1.807, 2.05) is 39.5 Å². The number of nitrogens with zero attached hydrogens (tertiary/aromatic N) is 2. The van der Waals surface area contributed by atoms with Crippen molar-refractivity contribution < 1.29 is 86.6 Å². The van der Waals surface area contributed by atoms with E-state index in [-0.39, 0.29) is 75.1 Å². The third-order valence-corrected chi connectivity index (χ3v) is 17.8. The van der Waals surface area contributed by atoms with Gasteiger partial charge in [0.15, 0.2) is 18.7 Å². The molecule has 0 aliphatic carbocycles. The third-order valence-electron chi connectivity index (χ3n) is 17.8. The maximum absolute atomic E-state index is 15.1. The van der Waals surface area contributed by atoms with Crippen LogP contribution in [0.1, 0.15) is 134 Å². The molecule has 0 saturated carbocycles. The number of cyclic esters (lactones) is 2. The Morgan fingerprint density at radius 1 is 0.850 bits per heavy atom. The van der Waals surface area contributed by atoms with Gasteiger partial charge in [-0.2, -0.15) is 0 Å². The van der Waals surface area contributed by atoms with Crippen LogP contribution in [-0.2, 0) is 52.2 Å². The summed E-state index contributed by atoms with van der Waals surface area (Å²) in [5.41, 5.74) is -3.84. The van der Waals surface area contributed by atoms with E-state index in [9.17, 15) is 39.6 Å². The molecule has 22 heteroatoms. The van der Waals surface area contributed by atoms with Crippen molar-refractivity contribution in [3.63, 3.8) is 0 Å². The van der Waals surface area contributed by atoms with Gasteiger partial charge in [0.1, 0.15) is 35.3 Å². The monoisotopic (exact) mass is 1140 g/mol. The van der Waals surface area contributed by atoms with E-state index in [0.717, 1.165) is 0 Å². The van der Waals surface area contributed by atoms with Crippen LogP contribution in [-0.4, -0.2) is 182 Å². The molecule has 5 saturated heterocycles. The van der Waals surface area contributed by atoms with Crippen molar-refractivity contribution in [1.82, 2.24) is 10.6 Å². The molecule has 21 nitrogen and oxygen atoms in total. The van der Waals surface area contributed by atoms with Crippen LogP contribution in [0.25, 0.3) is 0 Å². The second-order valence-corrected chi connectivity index (χ2v) is 24.3. The molecule has 5 fully saturated rings. The number of alkyl carbamates (subject to hydrolysis) is 1. The molecule has 0 radical (unpaired) electrons. The zero-order valence-electron chi connectivity index (χ0n) is 49.5. The van der Waals surface area contributed by atoms with Gasteiger partial charge in [-0.3, -0.25) is 14.5 Å². The summed E-state index contributed by atoms with van der Waals surface area (Å²) in [6, 6.07) is 4.64. The van der Waals surface area contributed by atoms with Crippen LogP contribution >= 0.6 is 0 Å². The first-order valence-corrected chi connectivity index (χ1v) is 29.1. The lowest BCUT2D eigenvalue weighted by molar-refractivity contribution is -0.318. The Hall–Kier alpha value is -3.97. The lowest BCUT2D eigenvalue weighted by Crippen LogP contribution is -2.61. The van der Waals surface area contributed by atoms with Gasteiger partial charge >= 0.3 is 18.2 Å². The fourth-order valence-electron chi connectivity index (χ4n) is 12.5. The lowest BCUT2D eigenvalue weighted by atomic mass is 9.70. The smallest absolute Gasteiger partial charge is 0.414 e. The number of hydrogen-bond acceptors (Lipinski definition) is 18. The van der Waals surface area contributed by atoms with Crippen molar-refractivity contribution in [3.05, 3.63) is 24.0 Å². The molecule has 1 aromatic rings. The Labute approximate surface area is 472 Å². The third kappa shape index (κ3) is 15.8. The summed E-state index contributed by atoms with van der Waals surface area (Å²) >= 11 is 0. The number of amides is 3. The molecular weight excluding hydrogens is 1040 g/mol. The van der Waals surface area contributed by atoms with Crippen molar-refractivity contribution in [1.29, 1.82) is 0 Å². The van der Waals surface area contributed by atoms with E-state index in [1.54, 1.807) is 53.7 Å². The number of ether oxygens (including phenoxy) is 9. The average molecular weight is 1140 g/mol. The molecule has 0 aromatic heterocycles. The van der Waals surface area contributed by atoms with Crippen LogP contribution in [0.2, 0.25) is 0 Å². The van der Waals surface area contributed by atoms with Crippen molar-refractivity contribution >= 4 is 35.4 Å². The summed E-state index contributed by atoms with van der Waals surface area (Å²) < 4.78 is 70.3. The quantitative estimate of drug-likeness (QED) is 0.0596. The van der Waals surface area contributed by atoms with Crippen LogP contribution in [0, 0.1) is 41.3 Å². The number of methoxy groups -OCH3 is 1. The van der Waals surface area contributed by atoms with Crippen molar-refractivity contribution in [2.45, 2.75) is 219 Å². The lowest BCUT2D eigenvalue weighted by Gasteiger charge is -2.49. The van der Waals surface area contributed by atoms with E-state index < -0.39 is 120 Å². The van der Waals surface area contributed by atoms with Crippen molar-refractivity contribution in [2.24, 2.45) is 35.5 Å². The molecule has 5 heterocycles. The van der Waals surface area contributed by atoms with E-state index in [0.29, 0.717) is 63.4 Å². The molecule has 80 heavy (non-hydrogen) atoms. The molecular formula is C58H95FN4O17. The number of rotatable bonds is 17. The number of hydrogen-bond donors (Lipinski definition) is 6. The number of aliphatic hydroxyl groups is 4. The largest absolute Gasteiger partial charge is 0.459 e. The number of carbonyl (C=O) groups is 4. The number of aliphatic hydroxyl groups excluding tert-OH is 2. The second kappa shape index (κ2) is 28.1. The number of carbonyl (C=O) groups excluding carboxylic acids is 4. The van der Waals surface area contributed by atoms with Gasteiger partial charge in [-0.25, -0.2) is 14.0 Å². The van der Waals surface area contributed by atoms with Gasteiger partial charge in [-0.05, 0) is 116 Å². The van der Waals surface area contributed by atoms with Gasteiger partial charge in [-0.15, -0.1) is 0 Å². The Morgan fingerprint density at radius 2 is 1.55 bits per heavy atom. The predicted molar refractivity (Wildman–Crippen MR) is 293 cm³/mol. The van der Waals surface area contributed by atoms with Gasteiger partial charge in [0, 0.05) is 45.5 Å². The first-order valence-electron chi connectivity index (χ1n) is 29.1. The summed E-state index contributed by atoms with van der Waals surface area (Å²) in [7, 11) is 1.49. The molecule has 8 unspecified atom stereocenters. The Morgan fingerprint density at radius 3 is 2.21 bits per heavy atom. The summed E-state index contributed by atoms with van der Waals surface area (Å²) in [6.45, 7) is 24.0. The highest BCUT2D eigenvalue weighted by molar-refractivity contribution is 5.90. The average Bonchev–Trinajstić information content (AvgIpc) is 3.91. The van der Waals surface area contributed by atoms with E-state index in [1.165, 1.54) is 25.0 Å². The molecule has 5 aliphatic rings. The summed E-state index contributed by atoms with van der Waals surface area (Å²) in [5.74, 6) is -4.46. The maximum atomic E-state index is 15.1. The highest BCUT2D eigenvalue weighted by atomic mass is 19.1. The highest BCUT2D eigenvalue weighted by Crippen LogP contribution is 2.43. The number of nitrogens with one attached hydrogen (secondary N) is 2. The number of benzene rings is 1. The van der Waals surface area contributed by atoms with Crippen LogP contribution in [0.5, 0.6) is 0 Å². The maximum Gasteiger partial charge on any atom is 0.414 e. The molecule has 20 atom stereocenters. The highest BCUT2D eigenvalue weighted by Gasteiger charge is 2.54. The standard InChI is InChI=1S/C58H95FN4O17/c1-14-44-58(12,71)49(66)36(6)35(5)33(3)28-56(10,70)50(79-53-47(65)32(2)26-34(4)74-53)37(7)48(38(8)52(67)77-44)78-46-29-57(11,72-13)51(39(9)75-46)80-54(68)60-21-17-15-16-18-45(64)61-30-41-31-63(55(69)76-41)40-19-20-43(42(59)27-40)62-22-24-73-25-23-62/h19-20,27,32-39,41,44,46-51,53,65-66,70-71H,14-18,21-26,28-31H2,1-13H3,(H,60,68)(H,61,64)/t32?,33-,34?,35+,36+,37+,38-,39?,41+,44-,46?,47?,48+,49-,50-,51?,53?,56-,57?,58-/m1/s1. The molecule has 0 bridgehead atoms.